The average molecular weight is 413 g/mol. The highest BCUT2D eigenvalue weighted by molar-refractivity contribution is 5.79. The standard InChI is InChI=1S/C18H25N3O.C2HF3O2/c22-18(14-4-1-2-5-14)21-11-15-7-9-20(12-16(15)13-21)17-6-3-8-19-10-17;3-2(4,5)1(6)7/h3,6,8,10,14-16H,1-2,4-5,7,9,11-13H2;(H,6,7)/t15-,16+;/m0./s1. The smallest absolute Gasteiger partial charge is 0.475 e. The monoisotopic (exact) mass is 413 g/mol. The van der Waals surface area contributed by atoms with E-state index >= 15 is 0 Å². The van der Waals surface area contributed by atoms with Crippen molar-refractivity contribution in [1.29, 1.82) is 0 Å². The minimum Gasteiger partial charge on any atom is -0.475 e. The minimum atomic E-state index is -5.08. The van der Waals surface area contributed by atoms with Crippen molar-refractivity contribution >= 4 is 17.6 Å². The van der Waals surface area contributed by atoms with E-state index in [4.69, 9.17) is 9.90 Å². The summed E-state index contributed by atoms with van der Waals surface area (Å²) in [5.41, 5.74) is 1.22. The second-order valence-electron chi connectivity index (χ2n) is 7.99. The largest absolute Gasteiger partial charge is 0.490 e. The SMILES string of the molecule is O=C(C1CCCC1)N1C[C@@H]2CCN(c3cccnc3)C[C@@H]2C1.O=C(O)C(F)(F)F. The minimum absolute atomic E-state index is 0.328. The molecule has 1 aliphatic carbocycles. The van der Waals surface area contributed by atoms with Crippen LogP contribution in [-0.4, -0.2) is 59.2 Å². The first-order chi connectivity index (χ1) is 13.8. The summed E-state index contributed by atoms with van der Waals surface area (Å²) in [5, 5.41) is 7.12. The maximum atomic E-state index is 12.6. The summed E-state index contributed by atoms with van der Waals surface area (Å²) >= 11 is 0. The van der Waals surface area contributed by atoms with Crippen LogP contribution in [0, 0.1) is 17.8 Å². The van der Waals surface area contributed by atoms with E-state index in [1.807, 2.05) is 18.5 Å². The first-order valence-corrected chi connectivity index (χ1v) is 9.99. The second kappa shape index (κ2) is 9.00. The molecule has 0 radical (unpaired) electrons. The lowest BCUT2D eigenvalue weighted by Crippen LogP contribution is -2.40. The number of hydrogen-bond donors (Lipinski definition) is 1. The molecule has 160 valence electrons. The van der Waals surface area contributed by atoms with Crippen LogP contribution in [0.5, 0.6) is 0 Å². The Hall–Kier alpha value is -2.32. The molecule has 2 aliphatic heterocycles. The molecule has 1 aromatic heterocycles. The number of nitrogens with zero attached hydrogens (tertiary/aromatic N) is 3. The van der Waals surface area contributed by atoms with Crippen LogP contribution in [0.15, 0.2) is 24.5 Å². The number of carboxylic acids is 1. The van der Waals surface area contributed by atoms with Gasteiger partial charge >= 0.3 is 12.1 Å². The molecule has 0 bridgehead atoms. The Kier molecular flexibility index (Phi) is 6.64. The lowest BCUT2D eigenvalue weighted by molar-refractivity contribution is -0.192. The van der Waals surface area contributed by atoms with Crippen molar-refractivity contribution in [3.63, 3.8) is 0 Å². The second-order valence-corrected chi connectivity index (χ2v) is 7.99. The zero-order valence-corrected chi connectivity index (χ0v) is 16.1. The summed E-state index contributed by atoms with van der Waals surface area (Å²) in [6.45, 7) is 4.14. The highest BCUT2D eigenvalue weighted by Gasteiger charge is 2.41. The van der Waals surface area contributed by atoms with Gasteiger partial charge < -0.3 is 14.9 Å². The molecule has 6 nitrogen and oxygen atoms in total. The van der Waals surface area contributed by atoms with Crippen molar-refractivity contribution in [2.75, 3.05) is 31.1 Å². The zero-order valence-electron chi connectivity index (χ0n) is 16.1. The van der Waals surface area contributed by atoms with Gasteiger partial charge in [0, 0.05) is 38.3 Å². The Morgan fingerprint density at radius 2 is 1.72 bits per heavy atom. The van der Waals surface area contributed by atoms with E-state index in [-0.39, 0.29) is 0 Å². The Balaban J connectivity index is 0.000000298. The molecule has 3 aliphatic rings. The number of carboxylic acid groups (broad SMARTS) is 1. The van der Waals surface area contributed by atoms with Crippen LogP contribution >= 0.6 is 0 Å². The number of aromatic nitrogens is 1. The Bertz CT molecular complexity index is 708. The van der Waals surface area contributed by atoms with Crippen molar-refractivity contribution in [3.8, 4) is 0 Å². The van der Waals surface area contributed by atoms with E-state index in [9.17, 15) is 18.0 Å². The number of aliphatic carboxylic acids is 1. The first-order valence-electron chi connectivity index (χ1n) is 9.99. The van der Waals surface area contributed by atoms with E-state index in [0.29, 0.717) is 23.7 Å². The number of hydrogen-bond acceptors (Lipinski definition) is 4. The molecular formula is C20H26F3N3O3. The molecule has 3 fully saturated rings. The number of likely N-dealkylation sites (tertiary alicyclic amines) is 1. The Morgan fingerprint density at radius 1 is 1.07 bits per heavy atom. The number of halogens is 3. The third-order valence-electron chi connectivity index (χ3n) is 6.07. The van der Waals surface area contributed by atoms with Crippen LogP contribution in [0.4, 0.5) is 18.9 Å². The molecule has 0 aromatic carbocycles. The van der Waals surface area contributed by atoms with Crippen LogP contribution < -0.4 is 4.90 Å². The van der Waals surface area contributed by atoms with Crippen LogP contribution in [0.25, 0.3) is 0 Å². The molecule has 2 saturated heterocycles. The third kappa shape index (κ3) is 5.39. The van der Waals surface area contributed by atoms with Gasteiger partial charge in [0.2, 0.25) is 5.91 Å². The molecule has 1 amide bonds. The summed E-state index contributed by atoms with van der Waals surface area (Å²) in [4.78, 5) is 30.4. The van der Waals surface area contributed by atoms with E-state index in [1.54, 1.807) is 0 Å². The first kappa shape index (κ1) is 21.4. The predicted molar refractivity (Wildman–Crippen MR) is 100 cm³/mol. The molecule has 2 atom stereocenters. The maximum Gasteiger partial charge on any atom is 0.490 e. The van der Waals surface area contributed by atoms with Gasteiger partial charge in [0.05, 0.1) is 11.9 Å². The molecule has 0 unspecified atom stereocenters. The van der Waals surface area contributed by atoms with Gasteiger partial charge in [0.15, 0.2) is 0 Å². The maximum absolute atomic E-state index is 12.6. The fourth-order valence-electron chi connectivity index (χ4n) is 4.55. The summed E-state index contributed by atoms with van der Waals surface area (Å²) in [6, 6.07) is 4.15. The number of carbonyl (C=O) groups excluding carboxylic acids is 1. The van der Waals surface area contributed by atoms with Crippen molar-refractivity contribution in [2.24, 2.45) is 17.8 Å². The summed E-state index contributed by atoms with van der Waals surface area (Å²) in [7, 11) is 0. The number of pyridine rings is 1. The summed E-state index contributed by atoms with van der Waals surface area (Å²) < 4.78 is 31.7. The van der Waals surface area contributed by atoms with Crippen molar-refractivity contribution < 1.29 is 27.9 Å². The van der Waals surface area contributed by atoms with Gasteiger partial charge in [-0.3, -0.25) is 9.78 Å². The van der Waals surface area contributed by atoms with E-state index in [2.05, 4.69) is 20.9 Å². The van der Waals surface area contributed by atoms with Crippen LogP contribution in [-0.2, 0) is 9.59 Å². The van der Waals surface area contributed by atoms with Crippen molar-refractivity contribution in [1.82, 2.24) is 9.88 Å². The van der Waals surface area contributed by atoms with E-state index < -0.39 is 12.1 Å². The highest BCUT2D eigenvalue weighted by atomic mass is 19.4. The van der Waals surface area contributed by atoms with E-state index in [0.717, 1.165) is 39.0 Å². The van der Waals surface area contributed by atoms with Crippen LogP contribution in [0.1, 0.15) is 32.1 Å². The third-order valence-corrected chi connectivity index (χ3v) is 6.07. The number of piperidine rings is 1. The van der Waals surface area contributed by atoms with Gasteiger partial charge in [-0.1, -0.05) is 12.8 Å². The molecule has 9 heteroatoms. The van der Waals surface area contributed by atoms with Gasteiger partial charge in [-0.2, -0.15) is 13.2 Å². The summed E-state index contributed by atoms with van der Waals surface area (Å²) in [5.74, 6) is -0.639. The fraction of sp³-hybridized carbons (Fsp3) is 0.650. The molecule has 0 spiro atoms. The molecule has 1 saturated carbocycles. The highest BCUT2D eigenvalue weighted by Crippen LogP contribution is 2.35. The average Bonchev–Trinajstić information content (AvgIpc) is 3.37. The predicted octanol–water partition coefficient (Wildman–Crippen LogP) is 3.19. The number of rotatable bonds is 2. The van der Waals surface area contributed by atoms with Gasteiger partial charge in [-0.25, -0.2) is 4.79 Å². The Morgan fingerprint density at radius 3 is 2.31 bits per heavy atom. The number of anilines is 1. The normalized spacial score (nSPS) is 24.7. The van der Waals surface area contributed by atoms with E-state index in [1.165, 1.54) is 24.9 Å². The molecule has 29 heavy (non-hydrogen) atoms. The number of alkyl halides is 3. The van der Waals surface area contributed by atoms with Crippen LogP contribution in [0.2, 0.25) is 0 Å². The number of fused-ring (bicyclic) bond motifs is 1. The molecule has 1 aromatic rings. The molecule has 4 rings (SSSR count). The van der Waals surface area contributed by atoms with Crippen molar-refractivity contribution in [3.05, 3.63) is 24.5 Å². The molecule has 1 N–H and O–H groups in total. The van der Waals surface area contributed by atoms with Gasteiger partial charge in [0.25, 0.3) is 0 Å². The zero-order chi connectivity index (χ0) is 21.0. The Labute approximate surface area is 167 Å². The lowest BCUT2D eigenvalue weighted by atomic mass is 9.88. The van der Waals surface area contributed by atoms with Gasteiger partial charge in [-0.15, -0.1) is 0 Å². The number of carbonyl (C=O) groups is 2. The number of amides is 1. The fourth-order valence-corrected chi connectivity index (χ4v) is 4.55. The topological polar surface area (TPSA) is 73.7 Å². The van der Waals surface area contributed by atoms with Crippen molar-refractivity contribution in [2.45, 2.75) is 38.3 Å². The van der Waals surface area contributed by atoms with Crippen LogP contribution in [0.3, 0.4) is 0 Å². The molecule has 3 heterocycles. The van der Waals surface area contributed by atoms with Gasteiger partial charge in [-0.05, 0) is 43.2 Å². The van der Waals surface area contributed by atoms with Gasteiger partial charge in [0.1, 0.15) is 0 Å². The summed E-state index contributed by atoms with van der Waals surface area (Å²) in [6.07, 6.45) is 4.62. The molecular weight excluding hydrogens is 387 g/mol. The quantitative estimate of drug-likeness (QED) is 0.806. The lowest BCUT2D eigenvalue weighted by Gasteiger charge is -2.35.